The molecule has 1 aromatic heterocycles. The highest BCUT2D eigenvalue weighted by Gasteiger charge is 2.20. The summed E-state index contributed by atoms with van der Waals surface area (Å²) in [4.78, 5) is 29.6. The first-order valence-electron chi connectivity index (χ1n) is 8.09. The summed E-state index contributed by atoms with van der Waals surface area (Å²) in [6.45, 7) is 1.75. The molecule has 0 spiro atoms. The molecule has 7 nitrogen and oxygen atoms in total. The van der Waals surface area contributed by atoms with E-state index in [4.69, 9.17) is 9.47 Å². The molecule has 0 radical (unpaired) electrons. The Kier molecular flexibility index (Phi) is 5.22. The normalized spacial score (nSPS) is 17.3. The average Bonchev–Trinajstić information content (AvgIpc) is 3.12. The molecule has 7 heteroatoms. The van der Waals surface area contributed by atoms with Gasteiger partial charge < -0.3 is 14.8 Å². The van der Waals surface area contributed by atoms with Gasteiger partial charge in [-0.3, -0.25) is 14.2 Å². The van der Waals surface area contributed by atoms with Gasteiger partial charge in [-0.2, -0.15) is 0 Å². The SMILES string of the molecule is COCCn1c(C(=O)NCC2CCCO2)nc2ccccc2c1=O. The second-order valence-electron chi connectivity index (χ2n) is 5.75. The van der Waals surface area contributed by atoms with E-state index in [-0.39, 0.29) is 29.9 Å². The van der Waals surface area contributed by atoms with Gasteiger partial charge in [0.15, 0.2) is 0 Å². The molecule has 0 saturated carbocycles. The first-order chi connectivity index (χ1) is 11.7. The average molecular weight is 331 g/mol. The topological polar surface area (TPSA) is 82.4 Å². The molecule has 0 aliphatic carbocycles. The van der Waals surface area contributed by atoms with Gasteiger partial charge in [0.25, 0.3) is 11.5 Å². The lowest BCUT2D eigenvalue weighted by atomic mass is 10.2. The molecule has 3 rings (SSSR count). The number of nitrogens with zero attached hydrogens (tertiary/aromatic N) is 2. The number of carbonyl (C=O) groups excluding carboxylic acids is 1. The standard InChI is InChI=1S/C17H21N3O4/c1-23-10-8-20-15(16(21)18-11-12-5-4-9-24-12)19-14-7-3-2-6-13(14)17(20)22/h2-3,6-7,12H,4-5,8-11H2,1H3,(H,18,21). The maximum atomic E-state index is 12.7. The molecule has 1 aliphatic heterocycles. The first kappa shape index (κ1) is 16.6. The van der Waals surface area contributed by atoms with Gasteiger partial charge in [0.05, 0.1) is 30.2 Å². The molecule has 1 aliphatic rings. The molecule has 1 amide bonds. The second-order valence-corrected chi connectivity index (χ2v) is 5.75. The van der Waals surface area contributed by atoms with Gasteiger partial charge in [-0.25, -0.2) is 4.98 Å². The molecule has 1 aromatic carbocycles. The highest BCUT2D eigenvalue weighted by atomic mass is 16.5. The van der Waals surface area contributed by atoms with Gasteiger partial charge in [0.2, 0.25) is 5.82 Å². The van der Waals surface area contributed by atoms with Crippen molar-refractivity contribution >= 4 is 16.8 Å². The summed E-state index contributed by atoms with van der Waals surface area (Å²) in [5.74, 6) is -0.266. The smallest absolute Gasteiger partial charge is 0.287 e. The van der Waals surface area contributed by atoms with Crippen LogP contribution in [0.3, 0.4) is 0 Å². The minimum absolute atomic E-state index is 0.0357. The summed E-state index contributed by atoms with van der Waals surface area (Å²) in [7, 11) is 1.55. The Hall–Kier alpha value is -2.25. The number of hydrogen-bond donors (Lipinski definition) is 1. The van der Waals surface area contributed by atoms with Crippen LogP contribution in [0.1, 0.15) is 23.5 Å². The first-order valence-corrected chi connectivity index (χ1v) is 8.09. The number of hydrogen-bond acceptors (Lipinski definition) is 5. The van der Waals surface area contributed by atoms with Crippen LogP contribution < -0.4 is 10.9 Å². The largest absolute Gasteiger partial charge is 0.383 e. The Bertz CT molecular complexity index is 781. The highest BCUT2D eigenvalue weighted by molar-refractivity contribution is 5.93. The second kappa shape index (κ2) is 7.55. The molecular formula is C17H21N3O4. The number of rotatable bonds is 6. The van der Waals surface area contributed by atoms with Crippen molar-refractivity contribution in [3.05, 3.63) is 40.4 Å². The number of para-hydroxylation sites is 1. The van der Waals surface area contributed by atoms with Crippen molar-refractivity contribution in [2.24, 2.45) is 0 Å². The monoisotopic (exact) mass is 331 g/mol. The van der Waals surface area contributed by atoms with Crippen molar-refractivity contribution in [1.82, 2.24) is 14.9 Å². The summed E-state index contributed by atoms with van der Waals surface area (Å²) in [6, 6.07) is 7.02. The lowest BCUT2D eigenvalue weighted by Gasteiger charge is -2.14. The Morgan fingerprint density at radius 3 is 3.04 bits per heavy atom. The van der Waals surface area contributed by atoms with Gasteiger partial charge >= 0.3 is 0 Å². The third kappa shape index (κ3) is 3.47. The molecule has 1 saturated heterocycles. The maximum absolute atomic E-state index is 12.7. The fraction of sp³-hybridized carbons (Fsp3) is 0.471. The number of nitrogens with one attached hydrogen (secondary N) is 1. The summed E-state index contributed by atoms with van der Waals surface area (Å²) in [5.41, 5.74) is 0.276. The number of amides is 1. The van der Waals surface area contributed by atoms with E-state index < -0.39 is 0 Å². The number of carbonyl (C=O) groups is 1. The lowest BCUT2D eigenvalue weighted by molar-refractivity contribution is 0.0842. The van der Waals surface area contributed by atoms with E-state index in [1.165, 1.54) is 4.57 Å². The van der Waals surface area contributed by atoms with E-state index in [9.17, 15) is 9.59 Å². The van der Waals surface area contributed by atoms with Crippen LogP contribution in [0.4, 0.5) is 0 Å². The van der Waals surface area contributed by atoms with Crippen LogP contribution >= 0.6 is 0 Å². The molecule has 2 heterocycles. The number of benzene rings is 1. The Morgan fingerprint density at radius 2 is 2.29 bits per heavy atom. The summed E-state index contributed by atoms with van der Waals surface area (Å²) in [5, 5.41) is 3.31. The van der Waals surface area contributed by atoms with Crippen LogP contribution in [0.25, 0.3) is 10.9 Å². The van der Waals surface area contributed by atoms with Gasteiger partial charge in [-0.05, 0) is 25.0 Å². The molecule has 1 unspecified atom stereocenters. The third-order valence-corrected chi connectivity index (χ3v) is 4.10. The molecular weight excluding hydrogens is 310 g/mol. The summed E-state index contributed by atoms with van der Waals surface area (Å²) < 4.78 is 11.9. The summed E-state index contributed by atoms with van der Waals surface area (Å²) >= 11 is 0. The van der Waals surface area contributed by atoms with Gasteiger partial charge in [-0.1, -0.05) is 12.1 Å². The summed E-state index contributed by atoms with van der Waals surface area (Å²) in [6.07, 6.45) is 1.98. The van der Waals surface area contributed by atoms with E-state index in [0.717, 1.165) is 19.4 Å². The van der Waals surface area contributed by atoms with Crippen molar-refractivity contribution in [3.8, 4) is 0 Å². The minimum Gasteiger partial charge on any atom is -0.383 e. The van der Waals surface area contributed by atoms with E-state index in [2.05, 4.69) is 10.3 Å². The molecule has 2 aromatic rings. The molecule has 1 atom stereocenters. The molecule has 1 N–H and O–H groups in total. The van der Waals surface area contributed by atoms with E-state index in [1.54, 1.807) is 31.4 Å². The van der Waals surface area contributed by atoms with Crippen LogP contribution in [0.2, 0.25) is 0 Å². The Labute approximate surface area is 139 Å². The van der Waals surface area contributed by atoms with Crippen molar-refractivity contribution in [2.75, 3.05) is 26.9 Å². The van der Waals surface area contributed by atoms with Gasteiger partial charge in [0, 0.05) is 20.3 Å². The Morgan fingerprint density at radius 1 is 1.46 bits per heavy atom. The van der Waals surface area contributed by atoms with E-state index in [0.29, 0.717) is 24.1 Å². The Balaban J connectivity index is 1.91. The van der Waals surface area contributed by atoms with Crippen LogP contribution in [0.15, 0.2) is 29.1 Å². The van der Waals surface area contributed by atoms with Crippen LogP contribution in [0, 0.1) is 0 Å². The predicted octanol–water partition coefficient (Wildman–Crippen LogP) is 0.952. The van der Waals surface area contributed by atoms with Gasteiger partial charge in [0.1, 0.15) is 0 Å². The maximum Gasteiger partial charge on any atom is 0.287 e. The molecule has 0 bridgehead atoms. The van der Waals surface area contributed by atoms with Crippen molar-refractivity contribution in [1.29, 1.82) is 0 Å². The zero-order valence-corrected chi connectivity index (χ0v) is 13.7. The molecule has 24 heavy (non-hydrogen) atoms. The number of fused-ring (bicyclic) bond motifs is 1. The zero-order valence-electron chi connectivity index (χ0n) is 13.7. The lowest BCUT2D eigenvalue weighted by Crippen LogP contribution is -2.37. The fourth-order valence-electron chi connectivity index (χ4n) is 2.82. The fourth-order valence-corrected chi connectivity index (χ4v) is 2.82. The zero-order chi connectivity index (χ0) is 16.9. The van der Waals surface area contributed by atoms with Crippen molar-refractivity contribution in [2.45, 2.75) is 25.5 Å². The third-order valence-electron chi connectivity index (χ3n) is 4.10. The highest BCUT2D eigenvalue weighted by Crippen LogP contribution is 2.11. The van der Waals surface area contributed by atoms with Crippen molar-refractivity contribution in [3.63, 3.8) is 0 Å². The predicted molar refractivity (Wildman–Crippen MR) is 89.2 cm³/mol. The quantitative estimate of drug-likeness (QED) is 0.852. The number of aromatic nitrogens is 2. The molecule has 1 fully saturated rings. The minimum atomic E-state index is -0.371. The number of methoxy groups -OCH3 is 1. The molecule has 128 valence electrons. The van der Waals surface area contributed by atoms with E-state index >= 15 is 0 Å². The van der Waals surface area contributed by atoms with Crippen LogP contribution in [-0.4, -0.2) is 48.4 Å². The van der Waals surface area contributed by atoms with Gasteiger partial charge in [-0.15, -0.1) is 0 Å². The van der Waals surface area contributed by atoms with E-state index in [1.807, 2.05) is 0 Å². The van der Waals surface area contributed by atoms with Crippen LogP contribution in [0.5, 0.6) is 0 Å². The van der Waals surface area contributed by atoms with Crippen molar-refractivity contribution < 1.29 is 14.3 Å². The number of ether oxygens (including phenoxy) is 2. The van der Waals surface area contributed by atoms with Crippen LogP contribution in [-0.2, 0) is 16.0 Å².